The zero-order chi connectivity index (χ0) is 21.0. The van der Waals surface area contributed by atoms with E-state index in [-0.39, 0.29) is 17.5 Å². The number of nitrogens with two attached hydrogens (primary N) is 1. The van der Waals surface area contributed by atoms with Crippen LogP contribution < -0.4 is 21.1 Å². The van der Waals surface area contributed by atoms with Crippen LogP contribution in [0, 0.1) is 0 Å². The van der Waals surface area contributed by atoms with Gasteiger partial charge in [-0.15, -0.1) is 0 Å². The number of anilines is 1. The Balaban J connectivity index is 1.52. The van der Waals surface area contributed by atoms with Crippen molar-refractivity contribution in [2.75, 3.05) is 12.4 Å². The second-order valence-corrected chi connectivity index (χ2v) is 6.81. The quantitative estimate of drug-likeness (QED) is 0.540. The van der Waals surface area contributed by atoms with Crippen molar-refractivity contribution >= 4 is 23.6 Å². The molecule has 7 heteroatoms. The molecule has 0 aromatic heterocycles. The summed E-state index contributed by atoms with van der Waals surface area (Å²) in [4.78, 5) is 24.2. The average Bonchev–Trinajstić information content (AvgIpc) is 3.44. The minimum atomic E-state index is -0.506. The highest BCUT2D eigenvalue weighted by Gasteiger charge is 2.34. The molecular weight excluding hydrogens is 370 g/mol. The molecule has 2 atom stereocenters. The van der Waals surface area contributed by atoms with Crippen LogP contribution in [0.15, 0.2) is 60.8 Å². The van der Waals surface area contributed by atoms with Crippen LogP contribution in [0.1, 0.15) is 23.5 Å². The van der Waals surface area contributed by atoms with Gasteiger partial charge in [-0.25, -0.2) is 0 Å². The summed E-state index contributed by atoms with van der Waals surface area (Å²) in [7, 11) is 1.44. The predicted molar refractivity (Wildman–Crippen MR) is 111 cm³/mol. The molecule has 1 aliphatic carbocycles. The van der Waals surface area contributed by atoms with E-state index >= 15 is 0 Å². The standard InChI is InChI=1S/C22H23N3O4/c1-13(22(28)25-16-7-5-15(6-8-16)17-12-18(17)23)24-21(27)10-4-14-3-9-19(26)20(11-14)29-2/h3-11,17-18,26H,1,12,23H2,2H3,(H,24,27)(H,25,28)/b10-4+. The zero-order valence-corrected chi connectivity index (χ0v) is 16.0. The van der Waals surface area contributed by atoms with Crippen molar-refractivity contribution < 1.29 is 19.4 Å². The van der Waals surface area contributed by atoms with Gasteiger partial charge in [0.15, 0.2) is 11.5 Å². The monoisotopic (exact) mass is 393 g/mol. The SMILES string of the molecule is C=C(NC(=O)/C=C/c1ccc(O)c(OC)c1)C(=O)Nc1ccc(C2CC2N)cc1. The van der Waals surface area contributed by atoms with Gasteiger partial charge in [0, 0.05) is 23.7 Å². The number of phenolic OH excluding ortho intramolecular Hbond substituents is 1. The average molecular weight is 393 g/mol. The lowest BCUT2D eigenvalue weighted by Gasteiger charge is -2.09. The summed E-state index contributed by atoms with van der Waals surface area (Å²) in [6, 6.07) is 12.4. The minimum Gasteiger partial charge on any atom is -0.504 e. The normalized spacial score (nSPS) is 17.6. The van der Waals surface area contributed by atoms with E-state index in [4.69, 9.17) is 10.5 Å². The number of nitrogens with one attached hydrogen (secondary N) is 2. The van der Waals surface area contributed by atoms with Crippen molar-refractivity contribution in [2.24, 2.45) is 5.73 Å². The topological polar surface area (TPSA) is 114 Å². The Kier molecular flexibility index (Phi) is 5.99. The number of hydrogen-bond acceptors (Lipinski definition) is 5. The highest BCUT2D eigenvalue weighted by molar-refractivity contribution is 6.07. The molecule has 7 nitrogen and oxygen atoms in total. The van der Waals surface area contributed by atoms with Crippen molar-refractivity contribution in [1.82, 2.24) is 5.32 Å². The van der Waals surface area contributed by atoms with E-state index in [0.29, 0.717) is 22.9 Å². The van der Waals surface area contributed by atoms with Gasteiger partial charge < -0.3 is 26.2 Å². The second-order valence-electron chi connectivity index (χ2n) is 6.81. The molecule has 2 aromatic carbocycles. The number of amides is 2. The highest BCUT2D eigenvalue weighted by atomic mass is 16.5. The molecule has 29 heavy (non-hydrogen) atoms. The lowest BCUT2D eigenvalue weighted by atomic mass is 10.1. The van der Waals surface area contributed by atoms with Crippen molar-refractivity contribution in [3.05, 3.63) is 71.9 Å². The van der Waals surface area contributed by atoms with Gasteiger partial charge in [0.05, 0.1) is 12.8 Å². The lowest BCUT2D eigenvalue weighted by molar-refractivity contribution is -0.118. The van der Waals surface area contributed by atoms with Crippen LogP contribution in [0.25, 0.3) is 6.08 Å². The fourth-order valence-corrected chi connectivity index (χ4v) is 2.84. The summed E-state index contributed by atoms with van der Waals surface area (Å²) < 4.78 is 5.02. The van der Waals surface area contributed by atoms with E-state index in [2.05, 4.69) is 17.2 Å². The van der Waals surface area contributed by atoms with Crippen LogP contribution in [0.4, 0.5) is 5.69 Å². The second kappa shape index (κ2) is 8.62. The molecule has 0 radical (unpaired) electrons. The molecule has 0 saturated heterocycles. The summed E-state index contributed by atoms with van der Waals surface area (Å²) in [5.74, 6) is -0.309. The number of rotatable bonds is 7. The van der Waals surface area contributed by atoms with Crippen LogP contribution >= 0.6 is 0 Å². The van der Waals surface area contributed by atoms with Gasteiger partial charge in [-0.3, -0.25) is 9.59 Å². The summed E-state index contributed by atoms with van der Waals surface area (Å²) in [5, 5.41) is 14.7. The molecule has 0 aliphatic heterocycles. The Bertz CT molecular complexity index is 967. The third kappa shape index (κ3) is 5.24. The smallest absolute Gasteiger partial charge is 0.271 e. The molecule has 0 spiro atoms. The van der Waals surface area contributed by atoms with Crippen LogP contribution in [0.3, 0.4) is 0 Å². The van der Waals surface area contributed by atoms with Crippen molar-refractivity contribution in [1.29, 1.82) is 0 Å². The predicted octanol–water partition coefficient (Wildman–Crippen LogP) is 2.50. The van der Waals surface area contributed by atoms with Gasteiger partial charge in [0.2, 0.25) is 5.91 Å². The first-order valence-electron chi connectivity index (χ1n) is 9.09. The minimum absolute atomic E-state index is 0.00663. The number of ether oxygens (including phenoxy) is 1. The van der Waals surface area contributed by atoms with Gasteiger partial charge in [-0.2, -0.15) is 0 Å². The molecule has 0 heterocycles. The Morgan fingerprint density at radius 3 is 2.55 bits per heavy atom. The number of carbonyl (C=O) groups is 2. The van der Waals surface area contributed by atoms with Crippen LogP contribution in [0.2, 0.25) is 0 Å². The molecule has 5 N–H and O–H groups in total. The first-order chi connectivity index (χ1) is 13.9. The fourth-order valence-electron chi connectivity index (χ4n) is 2.84. The number of aromatic hydroxyl groups is 1. The fraction of sp³-hybridized carbons (Fsp3) is 0.182. The van der Waals surface area contributed by atoms with Crippen LogP contribution in [-0.2, 0) is 9.59 Å². The molecule has 2 aromatic rings. The Hall–Kier alpha value is -3.58. The van der Waals surface area contributed by atoms with E-state index in [1.165, 1.54) is 25.3 Å². The maximum Gasteiger partial charge on any atom is 0.271 e. The highest BCUT2D eigenvalue weighted by Crippen LogP contribution is 2.39. The van der Waals surface area contributed by atoms with Crippen molar-refractivity contribution in [2.45, 2.75) is 18.4 Å². The lowest BCUT2D eigenvalue weighted by Crippen LogP contribution is -2.28. The summed E-state index contributed by atoms with van der Waals surface area (Å²) in [5.41, 5.74) is 8.18. The third-order valence-corrected chi connectivity index (χ3v) is 4.62. The molecule has 150 valence electrons. The van der Waals surface area contributed by atoms with Gasteiger partial charge in [0.25, 0.3) is 5.91 Å². The van der Waals surface area contributed by atoms with E-state index in [1.807, 2.05) is 12.1 Å². The van der Waals surface area contributed by atoms with E-state index in [9.17, 15) is 14.7 Å². The number of carbonyl (C=O) groups excluding carboxylic acids is 2. The first kappa shape index (κ1) is 20.2. The van der Waals surface area contributed by atoms with Gasteiger partial charge in [-0.1, -0.05) is 24.8 Å². The summed E-state index contributed by atoms with van der Waals surface area (Å²) >= 11 is 0. The molecule has 3 rings (SSSR count). The largest absolute Gasteiger partial charge is 0.504 e. The Labute approximate surface area is 168 Å². The third-order valence-electron chi connectivity index (χ3n) is 4.62. The van der Waals surface area contributed by atoms with E-state index < -0.39 is 11.8 Å². The van der Waals surface area contributed by atoms with Crippen molar-refractivity contribution in [3.63, 3.8) is 0 Å². The maximum absolute atomic E-state index is 12.2. The first-order valence-corrected chi connectivity index (χ1v) is 9.09. The zero-order valence-electron chi connectivity index (χ0n) is 16.0. The summed E-state index contributed by atoms with van der Waals surface area (Å²) in [6.45, 7) is 3.60. The Morgan fingerprint density at radius 1 is 1.24 bits per heavy atom. The number of phenols is 1. The van der Waals surface area contributed by atoms with Crippen molar-refractivity contribution in [3.8, 4) is 11.5 Å². The molecular formula is C22H23N3O4. The number of benzene rings is 2. The van der Waals surface area contributed by atoms with Crippen LogP contribution in [0.5, 0.6) is 11.5 Å². The van der Waals surface area contributed by atoms with Gasteiger partial charge in [-0.05, 0) is 47.9 Å². The van der Waals surface area contributed by atoms with Gasteiger partial charge >= 0.3 is 0 Å². The molecule has 1 fully saturated rings. The molecule has 2 unspecified atom stereocenters. The molecule has 1 aliphatic rings. The van der Waals surface area contributed by atoms with Crippen LogP contribution in [-0.4, -0.2) is 30.1 Å². The van der Waals surface area contributed by atoms with E-state index in [0.717, 1.165) is 12.0 Å². The van der Waals surface area contributed by atoms with Gasteiger partial charge in [0.1, 0.15) is 0 Å². The number of hydrogen-bond donors (Lipinski definition) is 4. The molecule has 0 bridgehead atoms. The molecule has 2 amide bonds. The van der Waals surface area contributed by atoms with E-state index in [1.54, 1.807) is 24.3 Å². The Morgan fingerprint density at radius 2 is 1.93 bits per heavy atom. The summed E-state index contributed by atoms with van der Waals surface area (Å²) in [6.07, 6.45) is 3.78. The molecule has 1 saturated carbocycles. The maximum atomic E-state index is 12.2. The number of methoxy groups -OCH3 is 1.